The van der Waals surface area contributed by atoms with E-state index in [0.29, 0.717) is 23.8 Å². The second-order valence-electron chi connectivity index (χ2n) is 4.24. The third-order valence-electron chi connectivity index (χ3n) is 2.65. The molecule has 1 rings (SSSR count). The molecule has 0 aliphatic heterocycles. The fourth-order valence-electron chi connectivity index (χ4n) is 1.67. The molecule has 0 spiro atoms. The molecule has 0 amide bonds. The van der Waals surface area contributed by atoms with E-state index >= 15 is 0 Å². The monoisotopic (exact) mass is 285 g/mol. The summed E-state index contributed by atoms with van der Waals surface area (Å²) in [6, 6.07) is 4.96. The molecule has 0 heterocycles. The number of halogens is 1. The van der Waals surface area contributed by atoms with Gasteiger partial charge in [0.1, 0.15) is 5.75 Å². The number of esters is 1. The van der Waals surface area contributed by atoms with Gasteiger partial charge in [-0.2, -0.15) is 0 Å². The van der Waals surface area contributed by atoms with Crippen LogP contribution in [0.15, 0.2) is 18.2 Å². The smallest absolute Gasteiger partial charge is 0.347 e. The number of ether oxygens (including phenoxy) is 2. The largest absolute Gasteiger partial charge is 0.478 e. The van der Waals surface area contributed by atoms with Crippen molar-refractivity contribution in [1.82, 2.24) is 0 Å². The van der Waals surface area contributed by atoms with Crippen molar-refractivity contribution in [3.8, 4) is 5.75 Å². The van der Waals surface area contributed by atoms with Crippen LogP contribution < -0.4 is 10.5 Å². The van der Waals surface area contributed by atoms with Crippen molar-refractivity contribution in [1.29, 1.82) is 0 Å². The molecule has 0 saturated heterocycles. The molecule has 4 nitrogen and oxygen atoms in total. The molecule has 106 valence electrons. The van der Waals surface area contributed by atoms with E-state index in [9.17, 15) is 4.79 Å². The van der Waals surface area contributed by atoms with E-state index in [1.54, 1.807) is 25.1 Å². The molecule has 2 unspecified atom stereocenters. The highest BCUT2D eigenvalue weighted by atomic mass is 35.5. The summed E-state index contributed by atoms with van der Waals surface area (Å²) in [5.41, 5.74) is 6.65. The van der Waals surface area contributed by atoms with Crippen LogP contribution in [-0.2, 0) is 9.53 Å². The van der Waals surface area contributed by atoms with E-state index in [1.807, 2.05) is 13.8 Å². The Labute approximate surface area is 118 Å². The maximum absolute atomic E-state index is 11.7. The molecular formula is C14H20ClNO3. The van der Waals surface area contributed by atoms with Crippen LogP contribution in [0.25, 0.3) is 0 Å². The molecule has 0 fully saturated rings. The van der Waals surface area contributed by atoms with Gasteiger partial charge in [0.15, 0.2) is 6.10 Å². The molecule has 0 aliphatic rings. The third kappa shape index (κ3) is 4.40. The zero-order valence-corrected chi connectivity index (χ0v) is 12.2. The van der Waals surface area contributed by atoms with Gasteiger partial charge in [-0.25, -0.2) is 4.79 Å². The van der Waals surface area contributed by atoms with Gasteiger partial charge in [0.25, 0.3) is 0 Å². The molecule has 5 heteroatoms. The summed E-state index contributed by atoms with van der Waals surface area (Å²) in [7, 11) is 0. The molecule has 1 aromatic carbocycles. The van der Waals surface area contributed by atoms with E-state index in [2.05, 4.69) is 0 Å². The van der Waals surface area contributed by atoms with Gasteiger partial charge < -0.3 is 15.2 Å². The highest BCUT2D eigenvalue weighted by Crippen LogP contribution is 2.28. The van der Waals surface area contributed by atoms with Crippen LogP contribution in [0.1, 0.15) is 38.8 Å². The lowest BCUT2D eigenvalue weighted by atomic mass is 10.1. The predicted octanol–water partition coefficient (Wildman–Crippen LogP) is 3.08. The van der Waals surface area contributed by atoms with Crippen molar-refractivity contribution in [2.45, 2.75) is 39.3 Å². The number of rotatable bonds is 6. The summed E-state index contributed by atoms with van der Waals surface area (Å²) >= 11 is 5.94. The summed E-state index contributed by atoms with van der Waals surface area (Å²) in [4.78, 5) is 11.7. The predicted molar refractivity (Wildman–Crippen MR) is 75.4 cm³/mol. The maximum Gasteiger partial charge on any atom is 0.347 e. The first-order valence-corrected chi connectivity index (χ1v) is 6.75. The van der Waals surface area contributed by atoms with E-state index in [1.165, 1.54) is 0 Å². The minimum absolute atomic E-state index is 0.228. The summed E-state index contributed by atoms with van der Waals surface area (Å²) in [5, 5.41) is 0.587. The average molecular weight is 286 g/mol. The fraction of sp³-hybridized carbons (Fsp3) is 0.500. The van der Waals surface area contributed by atoms with Crippen LogP contribution in [-0.4, -0.2) is 18.7 Å². The van der Waals surface area contributed by atoms with Gasteiger partial charge >= 0.3 is 5.97 Å². The van der Waals surface area contributed by atoms with Gasteiger partial charge in [-0.3, -0.25) is 0 Å². The maximum atomic E-state index is 11.7. The summed E-state index contributed by atoms with van der Waals surface area (Å²) in [6.07, 6.45) is -0.0986. The number of hydrogen-bond donors (Lipinski definition) is 1. The lowest BCUT2D eigenvalue weighted by Crippen LogP contribution is -2.29. The second kappa shape index (κ2) is 7.36. The molecule has 2 atom stereocenters. The van der Waals surface area contributed by atoms with E-state index in [0.717, 1.165) is 5.56 Å². The number of nitrogens with two attached hydrogens (primary N) is 1. The standard InChI is InChI=1S/C14H20ClNO3/c1-4-12(14(17)18-5-2)19-13-7-6-10(15)8-11(13)9(3)16/h6-9,12H,4-5,16H2,1-3H3. The first-order valence-electron chi connectivity index (χ1n) is 6.37. The molecule has 1 aromatic rings. The molecule has 0 aromatic heterocycles. The quantitative estimate of drug-likeness (QED) is 0.816. The normalized spacial score (nSPS) is 13.7. The molecule has 2 N–H and O–H groups in total. The van der Waals surface area contributed by atoms with Crippen LogP contribution in [0.5, 0.6) is 5.75 Å². The minimum atomic E-state index is -0.626. The van der Waals surface area contributed by atoms with Gasteiger partial charge in [0.2, 0.25) is 0 Å². The summed E-state index contributed by atoms with van der Waals surface area (Å²) in [5.74, 6) is 0.204. The van der Waals surface area contributed by atoms with Gasteiger partial charge in [0, 0.05) is 16.6 Å². The van der Waals surface area contributed by atoms with Gasteiger partial charge in [0.05, 0.1) is 6.61 Å². The van der Waals surface area contributed by atoms with Crippen molar-refractivity contribution in [3.63, 3.8) is 0 Å². The molecule has 19 heavy (non-hydrogen) atoms. The Bertz CT molecular complexity index is 435. The van der Waals surface area contributed by atoms with Crippen molar-refractivity contribution in [3.05, 3.63) is 28.8 Å². The topological polar surface area (TPSA) is 61.5 Å². The third-order valence-corrected chi connectivity index (χ3v) is 2.89. The lowest BCUT2D eigenvalue weighted by Gasteiger charge is -2.19. The Balaban J connectivity index is 2.93. The van der Waals surface area contributed by atoms with Crippen LogP contribution in [0.3, 0.4) is 0 Å². The summed E-state index contributed by atoms with van der Waals surface area (Å²) in [6.45, 7) is 5.80. The minimum Gasteiger partial charge on any atom is -0.478 e. The van der Waals surface area contributed by atoms with E-state index < -0.39 is 6.10 Å². The average Bonchev–Trinajstić information content (AvgIpc) is 2.37. The summed E-state index contributed by atoms with van der Waals surface area (Å²) < 4.78 is 10.7. The SMILES string of the molecule is CCOC(=O)C(CC)Oc1ccc(Cl)cc1C(C)N. The lowest BCUT2D eigenvalue weighted by molar-refractivity contribution is -0.151. The van der Waals surface area contributed by atoms with Crippen LogP contribution >= 0.6 is 11.6 Å². The van der Waals surface area contributed by atoms with Gasteiger partial charge in [-0.05, 0) is 38.5 Å². The highest BCUT2D eigenvalue weighted by molar-refractivity contribution is 6.30. The zero-order chi connectivity index (χ0) is 14.4. The number of carbonyl (C=O) groups excluding carboxylic acids is 1. The Morgan fingerprint density at radius 2 is 2.11 bits per heavy atom. The number of hydrogen-bond acceptors (Lipinski definition) is 4. The first-order chi connectivity index (χ1) is 8.99. The van der Waals surface area contributed by atoms with E-state index in [-0.39, 0.29) is 12.0 Å². The fourth-order valence-corrected chi connectivity index (χ4v) is 1.85. The Kier molecular flexibility index (Phi) is 6.12. The van der Waals surface area contributed by atoms with Gasteiger partial charge in [-0.1, -0.05) is 18.5 Å². The van der Waals surface area contributed by atoms with Gasteiger partial charge in [-0.15, -0.1) is 0 Å². The first kappa shape index (κ1) is 15.8. The molecule has 0 bridgehead atoms. The highest BCUT2D eigenvalue weighted by Gasteiger charge is 2.21. The van der Waals surface area contributed by atoms with Crippen LogP contribution in [0, 0.1) is 0 Å². The van der Waals surface area contributed by atoms with Crippen molar-refractivity contribution < 1.29 is 14.3 Å². The Morgan fingerprint density at radius 3 is 2.63 bits per heavy atom. The van der Waals surface area contributed by atoms with Crippen molar-refractivity contribution in [2.24, 2.45) is 5.73 Å². The Morgan fingerprint density at radius 1 is 1.42 bits per heavy atom. The van der Waals surface area contributed by atoms with E-state index in [4.69, 9.17) is 26.8 Å². The number of benzene rings is 1. The van der Waals surface area contributed by atoms with Crippen LogP contribution in [0.4, 0.5) is 0 Å². The van der Waals surface area contributed by atoms with Crippen molar-refractivity contribution in [2.75, 3.05) is 6.61 Å². The van der Waals surface area contributed by atoms with Crippen LogP contribution in [0.2, 0.25) is 5.02 Å². The second-order valence-corrected chi connectivity index (χ2v) is 4.67. The number of carbonyl (C=O) groups is 1. The molecular weight excluding hydrogens is 266 g/mol. The molecule has 0 saturated carbocycles. The molecule has 0 aliphatic carbocycles. The van der Waals surface area contributed by atoms with Crippen molar-refractivity contribution >= 4 is 17.6 Å². The molecule has 0 radical (unpaired) electrons. The Hall–Kier alpha value is -1.26. The zero-order valence-electron chi connectivity index (χ0n) is 11.5.